The van der Waals surface area contributed by atoms with E-state index in [0.717, 1.165) is 10.9 Å². The first-order valence-electron chi connectivity index (χ1n) is 11.3. The standard InChI is InChI=1S/C28H18ClFN2O5/c1-36-22-11-15(29)9-14-10-21(37-27(14)22)25(33)23-24(19-13-31-20-8-3-2-7-18(19)20)32(28(35)26(23)34)17-6-4-5-16(30)12-17/h2-13,24,31,34H,1H3. The molecule has 3 heterocycles. The van der Waals surface area contributed by atoms with E-state index < -0.39 is 29.3 Å². The molecule has 0 fully saturated rings. The third-order valence-electron chi connectivity index (χ3n) is 6.45. The lowest BCUT2D eigenvalue weighted by molar-refractivity contribution is -0.117. The summed E-state index contributed by atoms with van der Waals surface area (Å²) in [6.45, 7) is 0. The molecule has 0 radical (unpaired) electrons. The normalized spacial score (nSPS) is 15.8. The van der Waals surface area contributed by atoms with E-state index in [9.17, 15) is 19.1 Å². The van der Waals surface area contributed by atoms with Gasteiger partial charge in [0.2, 0.25) is 5.78 Å². The number of Topliss-reactive ketones (excluding diaryl/α,β-unsaturated/α-hetero) is 1. The molecular weight excluding hydrogens is 499 g/mol. The largest absolute Gasteiger partial charge is 0.503 e. The summed E-state index contributed by atoms with van der Waals surface area (Å²) in [6.07, 6.45) is 1.67. The van der Waals surface area contributed by atoms with Crippen LogP contribution in [0.3, 0.4) is 0 Å². The van der Waals surface area contributed by atoms with Crippen molar-refractivity contribution in [2.24, 2.45) is 0 Å². The van der Waals surface area contributed by atoms with Gasteiger partial charge in [0.25, 0.3) is 5.91 Å². The number of aromatic nitrogens is 1. The van der Waals surface area contributed by atoms with E-state index in [1.165, 1.54) is 42.3 Å². The zero-order valence-electron chi connectivity index (χ0n) is 19.3. The van der Waals surface area contributed by atoms with E-state index in [0.29, 0.717) is 27.3 Å². The van der Waals surface area contributed by atoms with Gasteiger partial charge in [0.05, 0.1) is 18.7 Å². The second-order valence-electron chi connectivity index (χ2n) is 8.58. The van der Waals surface area contributed by atoms with Gasteiger partial charge in [-0.25, -0.2) is 4.39 Å². The molecule has 1 aliphatic rings. The fourth-order valence-electron chi connectivity index (χ4n) is 4.83. The number of aromatic amines is 1. The number of rotatable bonds is 5. The van der Waals surface area contributed by atoms with Crippen molar-refractivity contribution in [1.29, 1.82) is 0 Å². The molecule has 6 rings (SSSR count). The lowest BCUT2D eigenvalue weighted by Crippen LogP contribution is -2.31. The van der Waals surface area contributed by atoms with Crippen LogP contribution in [0.4, 0.5) is 10.1 Å². The summed E-state index contributed by atoms with van der Waals surface area (Å²) in [4.78, 5) is 31.6. The van der Waals surface area contributed by atoms with E-state index >= 15 is 0 Å². The van der Waals surface area contributed by atoms with Crippen LogP contribution in [-0.4, -0.2) is 28.9 Å². The monoisotopic (exact) mass is 516 g/mol. The number of para-hydroxylation sites is 1. The van der Waals surface area contributed by atoms with Crippen LogP contribution < -0.4 is 9.64 Å². The third kappa shape index (κ3) is 3.56. The van der Waals surface area contributed by atoms with Gasteiger partial charge in [-0.05, 0) is 36.4 Å². The molecule has 1 unspecified atom stereocenters. The van der Waals surface area contributed by atoms with Gasteiger partial charge in [-0.2, -0.15) is 0 Å². The summed E-state index contributed by atoms with van der Waals surface area (Å²) in [6, 6.07) is 16.4. The van der Waals surface area contributed by atoms with Crippen LogP contribution in [0.2, 0.25) is 5.02 Å². The molecule has 1 amide bonds. The van der Waals surface area contributed by atoms with Crippen molar-refractivity contribution < 1.29 is 28.2 Å². The highest BCUT2D eigenvalue weighted by Crippen LogP contribution is 2.45. The summed E-state index contributed by atoms with van der Waals surface area (Å²) < 4.78 is 25.4. The highest BCUT2D eigenvalue weighted by molar-refractivity contribution is 6.31. The minimum Gasteiger partial charge on any atom is -0.503 e. The van der Waals surface area contributed by atoms with Gasteiger partial charge in [-0.3, -0.25) is 14.5 Å². The maximum atomic E-state index is 14.2. The third-order valence-corrected chi connectivity index (χ3v) is 6.66. The summed E-state index contributed by atoms with van der Waals surface area (Å²) in [5.74, 6) is -2.62. The number of halogens is 2. The van der Waals surface area contributed by atoms with Crippen LogP contribution in [0, 0.1) is 5.82 Å². The van der Waals surface area contributed by atoms with E-state index in [1.54, 1.807) is 18.3 Å². The molecule has 0 bridgehead atoms. The Hall–Kier alpha value is -4.56. The number of ketones is 1. The summed E-state index contributed by atoms with van der Waals surface area (Å²) in [7, 11) is 1.45. The number of H-pyrrole nitrogens is 1. The highest BCUT2D eigenvalue weighted by Gasteiger charge is 2.46. The number of benzene rings is 3. The molecule has 5 aromatic rings. The number of furan rings is 1. The summed E-state index contributed by atoms with van der Waals surface area (Å²) >= 11 is 6.17. The molecule has 0 saturated heterocycles. The van der Waals surface area contributed by atoms with Crippen LogP contribution >= 0.6 is 11.6 Å². The van der Waals surface area contributed by atoms with Gasteiger partial charge >= 0.3 is 0 Å². The predicted octanol–water partition coefficient (Wildman–Crippen LogP) is 6.50. The van der Waals surface area contributed by atoms with Crippen LogP contribution in [0.25, 0.3) is 21.9 Å². The first-order valence-corrected chi connectivity index (χ1v) is 11.6. The first kappa shape index (κ1) is 22.9. The molecular formula is C28H18ClFN2O5. The smallest absolute Gasteiger partial charge is 0.294 e. The van der Waals surface area contributed by atoms with Gasteiger partial charge in [0.1, 0.15) is 5.82 Å². The van der Waals surface area contributed by atoms with E-state index in [4.69, 9.17) is 20.8 Å². The number of fused-ring (bicyclic) bond motifs is 2. The van der Waals surface area contributed by atoms with E-state index in [2.05, 4.69) is 4.98 Å². The molecule has 37 heavy (non-hydrogen) atoms. The number of anilines is 1. The molecule has 0 aliphatic carbocycles. The predicted molar refractivity (Wildman–Crippen MR) is 137 cm³/mol. The van der Waals surface area contributed by atoms with E-state index in [1.807, 2.05) is 24.3 Å². The minimum absolute atomic E-state index is 0.115. The number of ether oxygens (including phenoxy) is 1. The molecule has 1 aliphatic heterocycles. The Morgan fingerprint density at radius 1 is 1.14 bits per heavy atom. The number of hydrogen-bond acceptors (Lipinski definition) is 5. The van der Waals surface area contributed by atoms with E-state index in [-0.39, 0.29) is 17.0 Å². The fraction of sp³-hybridized carbons (Fsp3) is 0.0714. The average Bonchev–Trinajstić information content (AvgIpc) is 3.57. The zero-order valence-corrected chi connectivity index (χ0v) is 20.0. The Morgan fingerprint density at radius 3 is 2.73 bits per heavy atom. The van der Waals surface area contributed by atoms with Gasteiger partial charge in [0, 0.05) is 44.8 Å². The van der Waals surface area contributed by atoms with Crippen molar-refractivity contribution >= 4 is 50.9 Å². The second-order valence-corrected chi connectivity index (χ2v) is 9.01. The Kier molecular flexibility index (Phi) is 5.27. The number of nitrogens with one attached hydrogen (secondary N) is 1. The number of carbonyl (C=O) groups excluding carboxylic acids is 2. The molecule has 9 heteroatoms. The molecule has 0 spiro atoms. The van der Waals surface area contributed by atoms with Crippen molar-refractivity contribution in [2.75, 3.05) is 12.0 Å². The van der Waals surface area contributed by atoms with Gasteiger partial charge in [-0.15, -0.1) is 0 Å². The molecule has 7 nitrogen and oxygen atoms in total. The van der Waals surface area contributed by atoms with Crippen molar-refractivity contribution in [1.82, 2.24) is 4.98 Å². The van der Waals surface area contributed by atoms with Crippen molar-refractivity contribution in [2.45, 2.75) is 6.04 Å². The number of carbonyl (C=O) groups is 2. The Labute approximate surface area is 214 Å². The zero-order chi connectivity index (χ0) is 25.8. The van der Waals surface area contributed by atoms with Gasteiger partial charge < -0.3 is 19.2 Å². The Balaban J connectivity index is 1.55. The van der Waals surface area contributed by atoms with Gasteiger partial charge in [-0.1, -0.05) is 35.9 Å². The van der Waals surface area contributed by atoms with Crippen LogP contribution in [0.5, 0.6) is 5.75 Å². The Bertz CT molecular complexity index is 1770. The molecule has 0 saturated carbocycles. The fourth-order valence-corrected chi connectivity index (χ4v) is 5.04. The summed E-state index contributed by atoms with van der Waals surface area (Å²) in [5, 5.41) is 12.7. The number of amides is 1. The molecule has 184 valence electrons. The van der Waals surface area contributed by atoms with Crippen molar-refractivity contribution in [3.63, 3.8) is 0 Å². The highest BCUT2D eigenvalue weighted by atomic mass is 35.5. The number of methoxy groups -OCH3 is 1. The average molecular weight is 517 g/mol. The molecule has 1 atom stereocenters. The second kappa shape index (κ2) is 8.53. The topological polar surface area (TPSA) is 95.8 Å². The lowest BCUT2D eigenvalue weighted by Gasteiger charge is -2.26. The number of aliphatic hydroxyl groups excluding tert-OH is 1. The first-order chi connectivity index (χ1) is 17.9. The van der Waals surface area contributed by atoms with Crippen LogP contribution in [0.15, 0.2) is 88.7 Å². The van der Waals surface area contributed by atoms with Crippen LogP contribution in [-0.2, 0) is 4.79 Å². The molecule has 2 N–H and O–H groups in total. The Morgan fingerprint density at radius 2 is 1.95 bits per heavy atom. The minimum atomic E-state index is -1.06. The molecule has 3 aromatic carbocycles. The SMILES string of the molecule is COc1cc(Cl)cc2cc(C(=O)C3=C(O)C(=O)N(c4cccc(F)c4)C3c3c[nH]c4ccccc34)oc12. The van der Waals surface area contributed by atoms with Gasteiger partial charge in [0.15, 0.2) is 22.9 Å². The number of hydrogen-bond donors (Lipinski definition) is 2. The van der Waals surface area contributed by atoms with Crippen LogP contribution in [0.1, 0.15) is 22.2 Å². The van der Waals surface area contributed by atoms with Crippen molar-refractivity contribution in [3.8, 4) is 5.75 Å². The maximum absolute atomic E-state index is 14.2. The maximum Gasteiger partial charge on any atom is 0.294 e. The number of nitrogens with zero attached hydrogens (tertiary/aromatic N) is 1. The summed E-state index contributed by atoms with van der Waals surface area (Å²) in [5.41, 5.74) is 1.61. The van der Waals surface area contributed by atoms with Crippen molar-refractivity contribution in [3.05, 3.63) is 106 Å². The quantitative estimate of drug-likeness (QED) is 0.260. The lowest BCUT2D eigenvalue weighted by atomic mass is 9.94. The molecule has 2 aromatic heterocycles. The number of aliphatic hydroxyl groups is 1.